The van der Waals surface area contributed by atoms with Crippen LogP contribution in [-0.2, 0) is 0 Å². The zero-order valence-corrected chi connectivity index (χ0v) is 14.9. The molecule has 0 aromatic rings. The van der Waals surface area contributed by atoms with Crippen LogP contribution in [0, 0.1) is 35.5 Å². The molecule has 0 aromatic heterocycles. The quantitative estimate of drug-likeness (QED) is 0.533. The number of hydrogen-bond acceptors (Lipinski definition) is 0. The van der Waals surface area contributed by atoms with Gasteiger partial charge < -0.3 is 0 Å². The van der Waals surface area contributed by atoms with Crippen molar-refractivity contribution < 1.29 is 0 Å². The third kappa shape index (κ3) is 4.62. The van der Waals surface area contributed by atoms with E-state index < -0.39 is 0 Å². The van der Waals surface area contributed by atoms with Crippen molar-refractivity contribution in [3.05, 3.63) is 29.9 Å². The molecule has 0 unspecified atom stereocenters. The van der Waals surface area contributed by atoms with Crippen LogP contribution in [0.2, 0.25) is 0 Å². The van der Waals surface area contributed by atoms with E-state index in [1.54, 1.807) is 11.8 Å². The minimum atomic E-state index is 0.868. The number of rotatable bonds is 3. The summed E-state index contributed by atoms with van der Waals surface area (Å²) >= 11 is 0. The Bertz CT molecular complexity index is 331. The molecule has 0 heterocycles. The van der Waals surface area contributed by atoms with E-state index in [4.69, 9.17) is 0 Å². The smallest absolute Gasteiger partial charge is 0.00270 e. The van der Waals surface area contributed by atoms with Crippen LogP contribution in [0.25, 0.3) is 0 Å². The van der Waals surface area contributed by atoms with Crippen molar-refractivity contribution >= 4 is 0 Å². The van der Waals surface area contributed by atoms with Gasteiger partial charge in [-0.1, -0.05) is 26.0 Å². The summed E-state index contributed by atoms with van der Waals surface area (Å²) in [5.74, 6) is 8.20. The molecule has 3 fully saturated rings. The van der Waals surface area contributed by atoms with Gasteiger partial charge in [-0.25, -0.2) is 0 Å². The first-order valence-electron chi connectivity index (χ1n) is 9.89. The maximum absolute atomic E-state index is 2.57. The first kappa shape index (κ1) is 16.6. The summed E-state index contributed by atoms with van der Waals surface area (Å²) in [6.07, 6.45) is 22.0. The largest absolute Gasteiger partial charge is 0.0848 e. The number of hydrogen-bond donors (Lipinski definition) is 0. The van der Waals surface area contributed by atoms with Crippen LogP contribution in [0.3, 0.4) is 0 Å². The first-order chi connectivity index (χ1) is 10.7. The maximum atomic E-state index is 2.57. The minimum Gasteiger partial charge on any atom is -0.0848 e. The van der Waals surface area contributed by atoms with Gasteiger partial charge in [0.1, 0.15) is 0 Å². The zero-order valence-electron chi connectivity index (χ0n) is 14.9. The van der Waals surface area contributed by atoms with E-state index in [9.17, 15) is 0 Å². The van der Waals surface area contributed by atoms with Crippen molar-refractivity contribution in [3.63, 3.8) is 0 Å². The SMILES string of the molecule is C[C]1CCC([C]2CCC(/C=C/[C]3CCC(C)CC3)CC2)CC1. The van der Waals surface area contributed by atoms with Gasteiger partial charge in [0.25, 0.3) is 0 Å². The topological polar surface area (TPSA) is 0 Å². The average Bonchev–Trinajstić information content (AvgIpc) is 2.56. The highest BCUT2D eigenvalue weighted by molar-refractivity contribution is 5.14. The lowest BCUT2D eigenvalue weighted by Crippen LogP contribution is -2.23. The van der Waals surface area contributed by atoms with Crippen LogP contribution in [-0.4, -0.2) is 0 Å². The maximum Gasteiger partial charge on any atom is -0.00270 e. The molecule has 3 saturated carbocycles. The molecule has 0 nitrogen and oxygen atoms in total. The highest BCUT2D eigenvalue weighted by Crippen LogP contribution is 2.43. The molecule has 0 N–H and O–H groups in total. The van der Waals surface area contributed by atoms with Gasteiger partial charge in [0.15, 0.2) is 0 Å². The molecule has 22 heavy (non-hydrogen) atoms. The third-order valence-electron chi connectivity index (χ3n) is 6.61. The highest BCUT2D eigenvalue weighted by Gasteiger charge is 2.29. The van der Waals surface area contributed by atoms with E-state index in [2.05, 4.69) is 26.0 Å². The fourth-order valence-electron chi connectivity index (χ4n) is 4.70. The molecule has 0 heteroatoms. The Morgan fingerprint density at radius 2 is 1.41 bits per heavy atom. The van der Waals surface area contributed by atoms with Crippen molar-refractivity contribution in [2.75, 3.05) is 0 Å². The standard InChI is InChI=1S/C22H35/c1-17-3-7-19(8-4-17)9-10-20-11-15-22(16-12-20)21-13-5-18(2)6-14-21/h9-10,17,20-21H,3-8,11-16H2,1-2H3/b10-9+. The van der Waals surface area contributed by atoms with Crippen molar-refractivity contribution in [2.24, 2.45) is 17.8 Å². The van der Waals surface area contributed by atoms with Crippen LogP contribution in [0.1, 0.15) is 90.9 Å². The first-order valence-corrected chi connectivity index (χ1v) is 9.89. The van der Waals surface area contributed by atoms with E-state index >= 15 is 0 Å². The van der Waals surface area contributed by atoms with Crippen molar-refractivity contribution in [1.29, 1.82) is 0 Å². The van der Waals surface area contributed by atoms with Gasteiger partial charge in [0, 0.05) is 0 Å². The molecule has 3 radical (unpaired) electrons. The molecule has 0 spiro atoms. The normalized spacial score (nSPS) is 29.5. The molecule has 123 valence electrons. The second kappa shape index (κ2) is 8.02. The fourth-order valence-corrected chi connectivity index (χ4v) is 4.70. The Hall–Kier alpha value is -0.260. The Kier molecular flexibility index (Phi) is 6.05. The van der Waals surface area contributed by atoms with E-state index in [1.807, 2.05) is 5.92 Å². The van der Waals surface area contributed by atoms with Crippen LogP contribution in [0.15, 0.2) is 12.2 Å². The summed E-state index contributed by atoms with van der Waals surface area (Å²) in [5, 5.41) is 0. The molecule has 0 atom stereocenters. The lowest BCUT2D eigenvalue weighted by atomic mass is 9.69. The molecule has 0 amide bonds. The lowest BCUT2D eigenvalue weighted by Gasteiger charge is -2.36. The second-order valence-corrected chi connectivity index (χ2v) is 8.43. The summed E-state index contributed by atoms with van der Waals surface area (Å²) in [6, 6.07) is 0. The average molecular weight is 300 g/mol. The Balaban J connectivity index is 1.38. The molecule has 3 aliphatic carbocycles. The van der Waals surface area contributed by atoms with Crippen LogP contribution in [0.4, 0.5) is 0 Å². The van der Waals surface area contributed by atoms with Gasteiger partial charge in [0.2, 0.25) is 0 Å². The molecule has 0 aliphatic heterocycles. The monoisotopic (exact) mass is 299 g/mol. The minimum absolute atomic E-state index is 0.868. The van der Waals surface area contributed by atoms with Gasteiger partial charge in [-0.3, -0.25) is 0 Å². The van der Waals surface area contributed by atoms with Gasteiger partial charge in [-0.2, -0.15) is 0 Å². The Morgan fingerprint density at radius 1 is 0.773 bits per heavy atom. The second-order valence-electron chi connectivity index (χ2n) is 8.43. The summed E-state index contributed by atoms with van der Waals surface area (Å²) < 4.78 is 0. The predicted molar refractivity (Wildman–Crippen MR) is 96.1 cm³/mol. The Morgan fingerprint density at radius 3 is 2.05 bits per heavy atom. The molecular weight excluding hydrogens is 264 g/mol. The summed E-state index contributed by atoms with van der Waals surface area (Å²) in [5.41, 5.74) is 0. The molecule has 3 aliphatic rings. The van der Waals surface area contributed by atoms with Gasteiger partial charge >= 0.3 is 0 Å². The summed E-state index contributed by atoms with van der Waals surface area (Å²) in [7, 11) is 0. The molecular formula is C22H35. The molecule has 0 aromatic carbocycles. The lowest BCUT2D eigenvalue weighted by molar-refractivity contribution is 0.316. The van der Waals surface area contributed by atoms with E-state index in [0.29, 0.717) is 0 Å². The van der Waals surface area contributed by atoms with Gasteiger partial charge in [0.05, 0.1) is 0 Å². The van der Waals surface area contributed by atoms with Crippen molar-refractivity contribution in [3.8, 4) is 0 Å². The summed E-state index contributed by atoms with van der Waals surface area (Å²) in [4.78, 5) is 0. The highest BCUT2D eigenvalue weighted by atomic mass is 14.3. The van der Waals surface area contributed by atoms with Crippen molar-refractivity contribution in [1.82, 2.24) is 0 Å². The van der Waals surface area contributed by atoms with Crippen LogP contribution >= 0.6 is 0 Å². The van der Waals surface area contributed by atoms with Gasteiger partial charge in [-0.05, 0) is 113 Å². The van der Waals surface area contributed by atoms with Crippen LogP contribution < -0.4 is 0 Å². The third-order valence-corrected chi connectivity index (χ3v) is 6.61. The predicted octanol–water partition coefficient (Wildman–Crippen LogP) is 6.88. The van der Waals surface area contributed by atoms with Crippen molar-refractivity contribution in [2.45, 2.75) is 90.9 Å². The van der Waals surface area contributed by atoms with Gasteiger partial charge in [-0.15, -0.1) is 0 Å². The molecule has 0 bridgehead atoms. The van der Waals surface area contributed by atoms with E-state index in [-0.39, 0.29) is 0 Å². The molecule has 0 saturated heterocycles. The number of allylic oxidation sites excluding steroid dienone is 2. The fraction of sp³-hybridized carbons (Fsp3) is 0.773. The zero-order chi connectivity index (χ0) is 15.4. The van der Waals surface area contributed by atoms with E-state index in [0.717, 1.165) is 17.8 Å². The Labute approximate surface area is 139 Å². The van der Waals surface area contributed by atoms with E-state index in [1.165, 1.54) is 77.0 Å². The van der Waals surface area contributed by atoms with Crippen LogP contribution in [0.5, 0.6) is 0 Å². The molecule has 3 rings (SSSR count). The summed E-state index contributed by atoms with van der Waals surface area (Å²) in [6.45, 7) is 4.76.